The Morgan fingerprint density at radius 1 is 1.04 bits per heavy atom. The van der Waals surface area contributed by atoms with Crippen LogP contribution in [0.15, 0.2) is 42.9 Å². The molecule has 0 fully saturated rings. The average molecular weight is 326 g/mol. The Morgan fingerprint density at radius 3 is 2.50 bits per heavy atom. The van der Waals surface area contributed by atoms with E-state index in [0.29, 0.717) is 24.6 Å². The maximum absolute atomic E-state index is 12.2. The third-order valence-electron chi connectivity index (χ3n) is 3.46. The molecule has 0 saturated carbocycles. The number of hydrogen-bond donors (Lipinski definition) is 2. The Kier molecular flexibility index (Phi) is 6.42. The Morgan fingerprint density at radius 2 is 1.79 bits per heavy atom. The largest absolute Gasteiger partial charge is 0.352 e. The van der Waals surface area contributed by atoms with Gasteiger partial charge in [-0.1, -0.05) is 13.8 Å². The number of rotatable bonds is 7. The normalized spacial score (nSPS) is 10.5. The molecule has 2 N–H and O–H groups in total. The number of hydrogen-bond acceptors (Lipinski definition) is 4. The molecule has 0 aliphatic heterocycles. The smallest absolute Gasteiger partial charge is 0.270 e. The van der Waals surface area contributed by atoms with E-state index in [1.54, 1.807) is 18.5 Å². The van der Waals surface area contributed by atoms with Crippen molar-refractivity contribution in [2.45, 2.75) is 26.8 Å². The maximum atomic E-state index is 12.2. The highest BCUT2D eigenvalue weighted by molar-refractivity contribution is 5.98. The fraction of sp³-hybridized carbons (Fsp3) is 0.333. The lowest BCUT2D eigenvalue weighted by molar-refractivity contribution is 0.0946. The van der Waals surface area contributed by atoms with Crippen molar-refractivity contribution in [3.8, 4) is 0 Å². The molecular formula is C18H22N4O2. The molecule has 0 saturated heterocycles. The molecule has 2 amide bonds. The third kappa shape index (κ3) is 5.46. The quantitative estimate of drug-likeness (QED) is 0.817. The van der Waals surface area contributed by atoms with Crippen molar-refractivity contribution in [3.63, 3.8) is 0 Å². The van der Waals surface area contributed by atoms with Gasteiger partial charge in [-0.25, -0.2) is 0 Å². The van der Waals surface area contributed by atoms with Gasteiger partial charge in [-0.05, 0) is 42.2 Å². The molecule has 0 bridgehead atoms. The van der Waals surface area contributed by atoms with Crippen molar-refractivity contribution >= 4 is 11.8 Å². The molecule has 6 nitrogen and oxygen atoms in total. The summed E-state index contributed by atoms with van der Waals surface area (Å²) in [6.45, 7) is 5.20. The van der Waals surface area contributed by atoms with Crippen molar-refractivity contribution in [1.29, 1.82) is 0 Å². The molecule has 0 unspecified atom stereocenters. The molecule has 2 rings (SSSR count). The fourth-order valence-electron chi connectivity index (χ4n) is 2.05. The first-order chi connectivity index (χ1) is 11.6. The number of carbonyl (C=O) groups is 2. The molecular weight excluding hydrogens is 304 g/mol. The summed E-state index contributed by atoms with van der Waals surface area (Å²) < 4.78 is 0. The zero-order valence-electron chi connectivity index (χ0n) is 14.0. The number of aromatic nitrogens is 2. The van der Waals surface area contributed by atoms with Crippen LogP contribution < -0.4 is 10.6 Å². The highest BCUT2D eigenvalue weighted by atomic mass is 16.2. The van der Waals surface area contributed by atoms with Gasteiger partial charge in [0.2, 0.25) is 0 Å². The Labute approximate surface area is 141 Å². The van der Waals surface area contributed by atoms with E-state index in [4.69, 9.17) is 0 Å². The zero-order valence-corrected chi connectivity index (χ0v) is 14.0. The summed E-state index contributed by atoms with van der Waals surface area (Å²) in [5, 5.41) is 5.63. The van der Waals surface area contributed by atoms with Crippen molar-refractivity contribution in [1.82, 2.24) is 20.6 Å². The monoisotopic (exact) mass is 326 g/mol. The van der Waals surface area contributed by atoms with E-state index in [0.717, 1.165) is 12.0 Å². The second-order valence-electron chi connectivity index (χ2n) is 5.91. The molecule has 126 valence electrons. The number of amides is 2. The topological polar surface area (TPSA) is 84.0 Å². The number of nitrogens with one attached hydrogen (secondary N) is 2. The minimum Gasteiger partial charge on any atom is -0.352 e. The van der Waals surface area contributed by atoms with Gasteiger partial charge >= 0.3 is 0 Å². The summed E-state index contributed by atoms with van der Waals surface area (Å²) in [4.78, 5) is 32.2. The molecule has 2 aromatic heterocycles. The van der Waals surface area contributed by atoms with Gasteiger partial charge in [0, 0.05) is 37.2 Å². The van der Waals surface area contributed by atoms with Crippen LogP contribution in [0.25, 0.3) is 0 Å². The summed E-state index contributed by atoms with van der Waals surface area (Å²) >= 11 is 0. The number of nitrogens with zero attached hydrogens (tertiary/aromatic N) is 2. The SMILES string of the molecule is CC(C)CCNC(=O)c1ccnc(C(=O)NCc2ccncc2)c1. The summed E-state index contributed by atoms with van der Waals surface area (Å²) in [6.07, 6.45) is 5.72. The lowest BCUT2D eigenvalue weighted by Crippen LogP contribution is -2.27. The van der Waals surface area contributed by atoms with E-state index in [1.807, 2.05) is 12.1 Å². The Bertz CT molecular complexity index is 686. The second kappa shape index (κ2) is 8.76. The average Bonchev–Trinajstić information content (AvgIpc) is 2.60. The van der Waals surface area contributed by atoms with Gasteiger partial charge in [0.05, 0.1) is 0 Å². The number of pyridine rings is 2. The first kappa shape index (κ1) is 17.6. The fourth-order valence-corrected chi connectivity index (χ4v) is 2.05. The zero-order chi connectivity index (χ0) is 17.4. The third-order valence-corrected chi connectivity index (χ3v) is 3.46. The Hall–Kier alpha value is -2.76. The van der Waals surface area contributed by atoms with E-state index >= 15 is 0 Å². The second-order valence-corrected chi connectivity index (χ2v) is 5.91. The molecule has 0 aromatic carbocycles. The predicted molar refractivity (Wildman–Crippen MR) is 91.4 cm³/mol. The van der Waals surface area contributed by atoms with Crippen LogP contribution in [0, 0.1) is 5.92 Å². The predicted octanol–water partition coefficient (Wildman–Crippen LogP) is 2.18. The Balaban J connectivity index is 1.93. The molecule has 0 radical (unpaired) electrons. The molecule has 2 heterocycles. The first-order valence-corrected chi connectivity index (χ1v) is 7.97. The molecule has 0 spiro atoms. The van der Waals surface area contributed by atoms with Crippen LogP contribution in [0.5, 0.6) is 0 Å². The molecule has 6 heteroatoms. The lowest BCUT2D eigenvalue weighted by atomic mass is 10.1. The van der Waals surface area contributed by atoms with E-state index in [2.05, 4.69) is 34.4 Å². The summed E-state index contributed by atoms with van der Waals surface area (Å²) in [7, 11) is 0. The van der Waals surface area contributed by atoms with Gasteiger partial charge in [0.15, 0.2) is 0 Å². The summed E-state index contributed by atoms with van der Waals surface area (Å²) in [5.41, 5.74) is 1.60. The van der Waals surface area contributed by atoms with Crippen molar-refractivity contribution in [3.05, 3.63) is 59.7 Å². The van der Waals surface area contributed by atoms with Crippen LogP contribution in [-0.4, -0.2) is 28.3 Å². The van der Waals surface area contributed by atoms with E-state index in [-0.39, 0.29) is 17.5 Å². The minimum atomic E-state index is -0.316. The summed E-state index contributed by atoms with van der Waals surface area (Å²) in [6, 6.07) is 6.76. The van der Waals surface area contributed by atoms with Gasteiger partial charge in [0.1, 0.15) is 5.69 Å². The summed E-state index contributed by atoms with van der Waals surface area (Å²) in [5.74, 6) is 0.0159. The van der Waals surface area contributed by atoms with Crippen molar-refractivity contribution in [2.24, 2.45) is 5.92 Å². The van der Waals surface area contributed by atoms with Crippen LogP contribution in [0.4, 0.5) is 0 Å². The van der Waals surface area contributed by atoms with Crippen molar-refractivity contribution < 1.29 is 9.59 Å². The van der Waals surface area contributed by atoms with Crippen molar-refractivity contribution in [2.75, 3.05) is 6.54 Å². The van der Waals surface area contributed by atoms with Gasteiger partial charge < -0.3 is 10.6 Å². The molecule has 2 aromatic rings. The molecule has 0 aliphatic carbocycles. The van der Waals surface area contributed by atoms with Gasteiger partial charge in [-0.15, -0.1) is 0 Å². The molecule has 0 atom stereocenters. The standard InChI is InChI=1S/C18H22N4O2/c1-13(2)3-9-21-17(23)15-6-10-20-16(11-15)18(24)22-12-14-4-7-19-8-5-14/h4-8,10-11,13H,3,9,12H2,1-2H3,(H,21,23)(H,22,24). The molecule has 24 heavy (non-hydrogen) atoms. The highest BCUT2D eigenvalue weighted by Gasteiger charge is 2.11. The highest BCUT2D eigenvalue weighted by Crippen LogP contribution is 2.04. The minimum absolute atomic E-state index is 0.193. The van der Waals surface area contributed by atoms with Gasteiger partial charge in [-0.3, -0.25) is 19.6 Å². The van der Waals surface area contributed by atoms with Crippen LogP contribution in [0.2, 0.25) is 0 Å². The maximum Gasteiger partial charge on any atom is 0.270 e. The lowest BCUT2D eigenvalue weighted by Gasteiger charge is -2.08. The van der Waals surface area contributed by atoms with Gasteiger partial charge in [-0.2, -0.15) is 0 Å². The van der Waals surface area contributed by atoms with E-state index in [9.17, 15) is 9.59 Å². The van der Waals surface area contributed by atoms with Crippen LogP contribution in [0.3, 0.4) is 0 Å². The van der Waals surface area contributed by atoms with Crippen LogP contribution >= 0.6 is 0 Å². The first-order valence-electron chi connectivity index (χ1n) is 7.97. The van der Waals surface area contributed by atoms with Gasteiger partial charge in [0.25, 0.3) is 11.8 Å². The van der Waals surface area contributed by atoms with E-state index < -0.39 is 0 Å². The van der Waals surface area contributed by atoms with Crippen LogP contribution in [0.1, 0.15) is 46.7 Å². The van der Waals surface area contributed by atoms with Crippen LogP contribution in [-0.2, 0) is 6.54 Å². The van der Waals surface area contributed by atoms with E-state index in [1.165, 1.54) is 12.3 Å². The molecule has 0 aliphatic rings. The number of carbonyl (C=O) groups excluding carboxylic acids is 2.